The molecule has 1 atom stereocenters. The Morgan fingerprint density at radius 1 is 1.31 bits per heavy atom. The molecule has 3 rings (SSSR count). The summed E-state index contributed by atoms with van der Waals surface area (Å²) in [6.45, 7) is 0. The van der Waals surface area contributed by atoms with Gasteiger partial charge < -0.3 is 10.1 Å². The van der Waals surface area contributed by atoms with E-state index in [0.717, 1.165) is 12.0 Å². The van der Waals surface area contributed by atoms with Crippen LogP contribution in [0.3, 0.4) is 0 Å². The summed E-state index contributed by atoms with van der Waals surface area (Å²) in [5, 5.41) is 5.49. The van der Waals surface area contributed by atoms with Crippen LogP contribution >= 0.6 is 22.9 Å². The maximum absolute atomic E-state index is 12.9. The number of amides is 1. The lowest BCUT2D eigenvalue weighted by atomic mass is 9.87. The van der Waals surface area contributed by atoms with Gasteiger partial charge in [0, 0.05) is 10.4 Å². The van der Waals surface area contributed by atoms with E-state index in [-0.39, 0.29) is 17.5 Å². The third kappa shape index (κ3) is 4.62. The summed E-state index contributed by atoms with van der Waals surface area (Å²) in [7, 11) is 1.30. The average molecular weight is 393 g/mol. The number of aromatic nitrogens is 1. The standard InChI is InChI=1S/C19H21ClN2O3S/c1-25-18(24)16-11-26-19(21-16)22-17(23)15(10-12-4-2-3-5-12)13-6-8-14(20)9-7-13/h6-9,11-12,15H,2-5,10H2,1H3,(H,21,22,23). The highest BCUT2D eigenvalue weighted by atomic mass is 35.5. The molecule has 138 valence electrons. The molecule has 1 saturated carbocycles. The molecule has 1 aliphatic rings. The van der Waals surface area contributed by atoms with E-state index >= 15 is 0 Å². The number of carbonyl (C=O) groups is 2. The lowest BCUT2D eigenvalue weighted by molar-refractivity contribution is -0.118. The van der Waals surface area contributed by atoms with Crippen molar-refractivity contribution < 1.29 is 14.3 Å². The van der Waals surface area contributed by atoms with Gasteiger partial charge in [0.1, 0.15) is 0 Å². The Morgan fingerprint density at radius 2 is 2.00 bits per heavy atom. The van der Waals surface area contributed by atoms with Gasteiger partial charge in [-0.1, -0.05) is 49.4 Å². The fraction of sp³-hybridized carbons (Fsp3) is 0.421. The van der Waals surface area contributed by atoms with Gasteiger partial charge in [-0.25, -0.2) is 9.78 Å². The molecule has 1 aromatic heterocycles. The second-order valence-corrected chi connectivity index (χ2v) is 7.80. The van der Waals surface area contributed by atoms with Crippen molar-refractivity contribution >= 4 is 39.9 Å². The SMILES string of the molecule is COC(=O)c1csc(NC(=O)C(CC2CCCC2)c2ccc(Cl)cc2)n1. The molecule has 1 fully saturated rings. The van der Waals surface area contributed by atoms with Crippen LogP contribution in [0.15, 0.2) is 29.6 Å². The lowest BCUT2D eigenvalue weighted by Gasteiger charge is -2.20. The van der Waals surface area contributed by atoms with Crippen LogP contribution in [0.25, 0.3) is 0 Å². The number of esters is 1. The van der Waals surface area contributed by atoms with E-state index in [1.807, 2.05) is 24.3 Å². The molecule has 7 heteroatoms. The van der Waals surface area contributed by atoms with Crippen molar-refractivity contribution in [2.45, 2.75) is 38.0 Å². The summed E-state index contributed by atoms with van der Waals surface area (Å²) in [6, 6.07) is 7.43. The Bertz CT molecular complexity index is 769. The number of anilines is 1. The van der Waals surface area contributed by atoms with Crippen LogP contribution in [0.5, 0.6) is 0 Å². The molecule has 0 spiro atoms. The quantitative estimate of drug-likeness (QED) is 0.711. The number of rotatable bonds is 6. The second kappa shape index (κ2) is 8.64. The van der Waals surface area contributed by atoms with Gasteiger partial charge in [0.25, 0.3) is 0 Å². The molecule has 1 aliphatic carbocycles. The van der Waals surface area contributed by atoms with E-state index < -0.39 is 5.97 Å². The average Bonchev–Trinajstić information content (AvgIpc) is 3.31. The number of ether oxygens (including phenoxy) is 1. The van der Waals surface area contributed by atoms with Crippen molar-refractivity contribution in [3.63, 3.8) is 0 Å². The summed E-state index contributed by atoms with van der Waals surface area (Å²) in [4.78, 5) is 28.6. The highest BCUT2D eigenvalue weighted by Gasteiger charge is 2.27. The van der Waals surface area contributed by atoms with E-state index in [1.165, 1.54) is 44.1 Å². The number of halogens is 1. The minimum absolute atomic E-state index is 0.106. The van der Waals surface area contributed by atoms with Crippen molar-refractivity contribution in [3.8, 4) is 0 Å². The highest BCUT2D eigenvalue weighted by molar-refractivity contribution is 7.14. The van der Waals surface area contributed by atoms with Gasteiger partial charge in [0.15, 0.2) is 10.8 Å². The first kappa shape index (κ1) is 18.9. The molecular weight excluding hydrogens is 372 g/mol. The molecule has 0 radical (unpaired) electrons. The predicted molar refractivity (Wildman–Crippen MR) is 103 cm³/mol. The molecule has 2 aromatic rings. The number of thiazole rings is 1. The van der Waals surface area contributed by atoms with E-state index in [1.54, 1.807) is 5.38 Å². The van der Waals surface area contributed by atoms with Gasteiger partial charge in [-0.3, -0.25) is 4.79 Å². The maximum Gasteiger partial charge on any atom is 0.357 e. The topological polar surface area (TPSA) is 68.3 Å². The van der Waals surface area contributed by atoms with Crippen LogP contribution in [-0.4, -0.2) is 24.0 Å². The molecule has 0 bridgehead atoms. The van der Waals surface area contributed by atoms with Gasteiger partial charge in [0.2, 0.25) is 5.91 Å². The molecule has 1 amide bonds. The van der Waals surface area contributed by atoms with Gasteiger partial charge in [-0.05, 0) is 30.0 Å². The third-order valence-corrected chi connectivity index (χ3v) is 5.77. The smallest absolute Gasteiger partial charge is 0.357 e. The number of methoxy groups -OCH3 is 1. The van der Waals surface area contributed by atoms with Crippen LogP contribution < -0.4 is 5.32 Å². The Kier molecular flexibility index (Phi) is 6.27. The lowest BCUT2D eigenvalue weighted by Crippen LogP contribution is -2.23. The molecule has 1 unspecified atom stereocenters. The van der Waals surface area contributed by atoms with Crippen molar-refractivity contribution in [2.24, 2.45) is 5.92 Å². The van der Waals surface area contributed by atoms with Crippen LogP contribution in [0.2, 0.25) is 5.02 Å². The molecule has 1 N–H and O–H groups in total. The van der Waals surface area contributed by atoms with E-state index in [9.17, 15) is 9.59 Å². The summed E-state index contributed by atoms with van der Waals surface area (Å²) >= 11 is 7.20. The largest absolute Gasteiger partial charge is 0.464 e. The minimum Gasteiger partial charge on any atom is -0.464 e. The predicted octanol–water partition coefficient (Wildman–Crippen LogP) is 4.89. The summed E-state index contributed by atoms with van der Waals surface area (Å²) in [5.41, 5.74) is 1.15. The molecule has 5 nitrogen and oxygen atoms in total. The summed E-state index contributed by atoms with van der Waals surface area (Å²) < 4.78 is 4.65. The summed E-state index contributed by atoms with van der Waals surface area (Å²) in [5.74, 6) is -0.323. The van der Waals surface area contributed by atoms with Crippen molar-refractivity contribution in [2.75, 3.05) is 12.4 Å². The zero-order valence-corrected chi connectivity index (χ0v) is 16.1. The number of nitrogens with zero attached hydrogens (tertiary/aromatic N) is 1. The fourth-order valence-corrected chi connectivity index (χ4v) is 4.20. The van der Waals surface area contributed by atoms with Crippen molar-refractivity contribution in [1.82, 2.24) is 4.98 Å². The number of hydrogen-bond acceptors (Lipinski definition) is 5. The normalized spacial score (nSPS) is 15.6. The monoisotopic (exact) mass is 392 g/mol. The van der Waals surface area contributed by atoms with Gasteiger partial charge in [-0.2, -0.15) is 0 Å². The zero-order chi connectivity index (χ0) is 18.5. The number of hydrogen-bond donors (Lipinski definition) is 1. The van der Waals surface area contributed by atoms with Crippen molar-refractivity contribution in [1.29, 1.82) is 0 Å². The van der Waals surface area contributed by atoms with E-state index in [2.05, 4.69) is 15.0 Å². The molecule has 0 saturated heterocycles. The third-order valence-electron chi connectivity index (χ3n) is 4.76. The fourth-order valence-electron chi connectivity index (χ4n) is 3.39. The molecule has 0 aliphatic heterocycles. The highest BCUT2D eigenvalue weighted by Crippen LogP contribution is 2.35. The van der Waals surface area contributed by atoms with Gasteiger partial charge >= 0.3 is 5.97 Å². The first-order valence-corrected chi connectivity index (χ1v) is 9.92. The molecule has 1 heterocycles. The van der Waals surface area contributed by atoms with Gasteiger partial charge in [-0.15, -0.1) is 11.3 Å². The molecular formula is C19H21ClN2O3S. The van der Waals surface area contributed by atoms with E-state index in [0.29, 0.717) is 16.1 Å². The van der Waals surface area contributed by atoms with Crippen LogP contribution in [0.4, 0.5) is 5.13 Å². The first-order chi connectivity index (χ1) is 12.6. The Hall–Kier alpha value is -1.92. The second-order valence-electron chi connectivity index (χ2n) is 6.51. The summed E-state index contributed by atoms with van der Waals surface area (Å²) in [6.07, 6.45) is 5.61. The molecule has 1 aromatic carbocycles. The first-order valence-electron chi connectivity index (χ1n) is 8.67. The maximum atomic E-state index is 12.9. The van der Waals surface area contributed by atoms with Crippen LogP contribution in [0.1, 0.15) is 54.1 Å². The Morgan fingerprint density at radius 3 is 2.65 bits per heavy atom. The minimum atomic E-state index is -0.512. The number of carbonyl (C=O) groups excluding carboxylic acids is 2. The van der Waals surface area contributed by atoms with Crippen LogP contribution in [0, 0.1) is 5.92 Å². The molecule has 26 heavy (non-hydrogen) atoms. The van der Waals surface area contributed by atoms with Gasteiger partial charge in [0.05, 0.1) is 13.0 Å². The van der Waals surface area contributed by atoms with Crippen LogP contribution in [-0.2, 0) is 9.53 Å². The Labute approximate surface area is 161 Å². The van der Waals surface area contributed by atoms with E-state index in [4.69, 9.17) is 11.6 Å². The number of benzene rings is 1. The van der Waals surface area contributed by atoms with Crippen molar-refractivity contribution in [3.05, 3.63) is 45.9 Å². The number of nitrogens with one attached hydrogen (secondary N) is 1. The Balaban J connectivity index is 1.76. The zero-order valence-electron chi connectivity index (χ0n) is 14.5.